The van der Waals surface area contributed by atoms with E-state index in [1.54, 1.807) is 6.26 Å². The van der Waals surface area contributed by atoms with Gasteiger partial charge in [0.05, 0.1) is 0 Å². The maximum Gasteiger partial charge on any atom is 0.0441 e. The number of hydrogen-bond acceptors (Lipinski definition) is 2. The Morgan fingerprint density at radius 2 is 2.17 bits per heavy atom. The molecule has 2 rings (SSSR count). The molecule has 0 spiro atoms. The zero-order valence-corrected chi connectivity index (χ0v) is 12.1. The van der Waals surface area contributed by atoms with Gasteiger partial charge >= 0.3 is 0 Å². The van der Waals surface area contributed by atoms with Crippen LogP contribution in [0.3, 0.4) is 0 Å². The molecular formula is C15H23NOS. The van der Waals surface area contributed by atoms with E-state index in [0.29, 0.717) is 6.04 Å². The molecule has 0 aromatic heterocycles. The Morgan fingerprint density at radius 1 is 1.39 bits per heavy atom. The first-order chi connectivity index (χ1) is 8.68. The lowest BCUT2D eigenvalue weighted by atomic mass is 9.99. The van der Waals surface area contributed by atoms with Crippen LogP contribution in [0.5, 0.6) is 0 Å². The quantitative estimate of drug-likeness (QED) is 0.848. The number of nitrogens with one attached hydrogen (secondary N) is 1. The first-order valence-electron chi connectivity index (χ1n) is 6.82. The molecule has 0 aliphatic heterocycles. The Balaban J connectivity index is 2.06. The van der Waals surface area contributed by atoms with Crippen LogP contribution in [0.1, 0.15) is 43.4 Å². The monoisotopic (exact) mass is 265 g/mol. The molecule has 0 saturated carbocycles. The first-order valence-corrected chi connectivity index (χ1v) is 8.44. The summed E-state index contributed by atoms with van der Waals surface area (Å²) in [6.07, 6.45) is 6.73. The molecule has 1 aliphatic rings. The van der Waals surface area contributed by atoms with Crippen LogP contribution in [0.4, 0.5) is 0 Å². The number of fused-ring (bicyclic) bond motifs is 1. The average Bonchev–Trinajstić information content (AvgIpc) is 2.58. The molecule has 0 heterocycles. The van der Waals surface area contributed by atoms with Crippen LogP contribution in [0.2, 0.25) is 0 Å². The van der Waals surface area contributed by atoms with E-state index in [1.165, 1.54) is 36.8 Å². The molecule has 1 N–H and O–H groups in total. The predicted octanol–water partition coefficient (Wildman–Crippen LogP) is 2.81. The van der Waals surface area contributed by atoms with Crippen molar-refractivity contribution in [2.24, 2.45) is 0 Å². The maximum absolute atomic E-state index is 11.4. The summed E-state index contributed by atoms with van der Waals surface area (Å²) < 4.78 is 11.4. The molecule has 0 amide bonds. The molecule has 18 heavy (non-hydrogen) atoms. The fourth-order valence-electron chi connectivity index (χ4n) is 2.56. The molecule has 1 aromatic rings. The van der Waals surface area contributed by atoms with E-state index >= 15 is 0 Å². The third kappa shape index (κ3) is 3.42. The van der Waals surface area contributed by atoms with E-state index < -0.39 is 10.8 Å². The van der Waals surface area contributed by atoms with Gasteiger partial charge in [0.25, 0.3) is 0 Å². The van der Waals surface area contributed by atoms with Crippen LogP contribution in [0.25, 0.3) is 0 Å². The third-order valence-electron chi connectivity index (χ3n) is 3.84. The van der Waals surface area contributed by atoms with Gasteiger partial charge in [0.1, 0.15) is 0 Å². The second-order valence-electron chi connectivity index (χ2n) is 5.21. The largest absolute Gasteiger partial charge is 0.309 e. The molecule has 1 aromatic carbocycles. The minimum Gasteiger partial charge on any atom is -0.309 e. The Morgan fingerprint density at radius 3 is 2.94 bits per heavy atom. The number of rotatable bonds is 4. The third-order valence-corrected chi connectivity index (χ3v) is 5.14. The van der Waals surface area contributed by atoms with Crippen LogP contribution < -0.4 is 5.32 Å². The molecular weight excluding hydrogens is 242 g/mol. The lowest BCUT2D eigenvalue weighted by Crippen LogP contribution is -2.31. The second-order valence-corrected chi connectivity index (χ2v) is 7.02. The van der Waals surface area contributed by atoms with Crippen molar-refractivity contribution in [3.8, 4) is 0 Å². The number of benzene rings is 1. The van der Waals surface area contributed by atoms with Crippen molar-refractivity contribution < 1.29 is 4.21 Å². The fourth-order valence-corrected chi connectivity index (χ4v) is 2.89. The van der Waals surface area contributed by atoms with Gasteiger partial charge in [0.2, 0.25) is 0 Å². The zero-order valence-electron chi connectivity index (χ0n) is 11.3. The van der Waals surface area contributed by atoms with Gasteiger partial charge < -0.3 is 5.32 Å². The minimum atomic E-state index is -0.739. The zero-order chi connectivity index (χ0) is 13.0. The highest BCUT2D eigenvalue weighted by Gasteiger charge is 2.18. The fraction of sp³-hybridized carbons (Fsp3) is 0.600. The van der Waals surface area contributed by atoms with Crippen molar-refractivity contribution in [2.75, 3.05) is 12.8 Å². The highest BCUT2D eigenvalue weighted by atomic mass is 32.2. The van der Waals surface area contributed by atoms with E-state index in [9.17, 15) is 4.21 Å². The summed E-state index contributed by atoms with van der Waals surface area (Å²) in [6.45, 7) is 2.88. The summed E-state index contributed by atoms with van der Waals surface area (Å²) in [6, 6.07) is 9.18. The molecule has 0 bridgehead atoms. The predicted molar refractivity (Wildman–Crippen MR) is 78.3 cm³/mol. The lowest BCUT2D eigenvalue weighted by Gasteiger charge is -2.21. The van der Waals surface area contributed by atoms with Crippen LogP contribution >= 0.6 is 0 Å². The molecule has 100 valence electrons. The second kappa shape index (κ2) is 6.48. The van der Waals surface area contributed by atoms with Crippen molar-refractivity contribution in [2.45, 2.75) is 43.9 Å². The van der Waals surface area contributed by atoms with E-state index in [0.717, 1.165) is 6.54 Å². The molecule has 0 saturated heterocycles. The standard InChI is InChI=1S/C15H23NOS/c1-12(18(2)17)11-16-15-10-6-4-8-13-7-3-5-9-14(13)15/h3,5,7,9,12,15-16H,4,6,8,10-11H2,1-2H3. The summed E-state index contributed by atoms with van der Waals surface area (Å²) in [5.74, 6) is 0. The molecule has 0 radical (unpaired) electrons. The highest BCUT2D eigenvalue weighted by Crippen LogP contribution is 2.28. The average molecular weight is 265 g/mol. The summed E-state index contributed by atoms with van der Waals surface area (Å²) in [4.78, 5) is 0. The number of hydrogen-bond donors (Lipinski definition) is 1. The Labute approximate surface area is 113 Å². The number of aryl methyl sites for hydroxylation is 1. The van der Waals surface area contributed by atoms with Crippen LogP contribution in [-0.4, -0.2) is 22.3 Å². The van der Waals surface area contributed by atoms with Crippen LogP contribution in [0.15, 0.2) is 24.3 Å². The van der Waals surface area contributed by atoms with Crippen LogP contribution in [0, 0.1) is 0 Å². The molecule has 3 heteroatoms. The van der Waals surface area contributed by atoms with Gasteiger partial charge in [-0.15, -0.1) is 0 Å². The Hall–Kier alpha value is -0.670. The van der Waals surface area contributed by atoms with Gasteiger partial charge in [-0.2, -0.15) is 0 Å². The highest BCUT2D eigenvalue weighted by molar-refractivity contribution is 7.84. The van der Waals surface area contributed by atoms with Gasteiger partial charge in [-0.1, -0.05) is 30.7 Å². The van der Waals surface area contributed by atoms with E-state index in [2.05, 4.69) is 29.6 Å². The Bertz CT molecular complexity index is 419. The topological polar surface area (TPSA) is 29.1 Å². The summed E-state index contributed by atoms with van der Waals surface area (Å²) in [7, 11) is -0.739. The lowest BCUT2D eigenvalue weighted by molar-refractivity contribution is 0.490. The van der Waals surface area contributed by atoms with Gasteiger partial charge in [0, 0.05) is 34.9 Å². The first kappa shape index (κ1) is 13.8. The molecule has 1 aliphatic carbocycles. The van der Waals surface area contributed by atoms with Crippen LogP contribution in [-0.2, 0) is 17.2 Å². The normalized spacial score (nSPS) is 22.9. The van der Waals surface area contributed by atoms with Crippen molar-refractivity contribution in [3.05, 3.63) is 35.4 Å². The molecule has 3 atom stereocenters. The van der Waals surface area contributed by atoms with E-state index in [-0.39, 0.29) is 5.25 Å². The SMILES string of the molecule is CC(CNC1CCCCc2ccccc21)S(C)=O. The van der Waals surface area contributed by atoms with Gasteiger partial charge in [-0.25, -0.2) is 0 Å². The van der Waals surface area contributed by atoms with Crippen molar-refractivity contribution in [1.29, 1.82) is 0 Å². The summed E-state index contributed by atoms with van der Waals surface area (Å²) in [5.41, 5.74) is 2.93. The summed E-state index contributed by atoms with van der Waals surface area (Å²) in [5, 5.41) is 3.83. The summed E-state index contributed by atoms with van der Waals surface area (Å²) >= 11 is 0. The van der Waals surface area contributed by atoms with E-state index in [4.69, 9.17) is 0 Å². The molecule has 0 fully saturated rings. The van der Waals surface area contributed by atoms with E-state index in [1.807, 2.05) is 6.92 Å². The van der Waals surface area contributed by atoms with Crippen molar-refractivity contribution in [1.82, 2.24) is 5.32 Å². The smallest absolute Gasteiger partial charge is 0.0441 e. The van der Waals surface area contributed by atoms with Gasteiger partial charge in [0.15, 0.2) is 0 Å². The maximum atomic E-state index is 11.4. The Kier molecular flexibility index (Phi) is 4.95. The molecule has 2 nitrogen and oxygen atoms in total. The van der Waals surface area contributed by atoms with Gasteiger partial charge in [-0.05, 0) is 37.3 Å². The van der Waals surface area contributed by atoms with Crippen molar-refractivity contribution >= 4 is 10.8 Å². The minimum absolute atomic E-state index is 0.223. The molecule has 3 unspecified atom stereocenters. The van der Waals surface area contributed by atoms with Crippen molar-refractivity contribution in [3.63, 3.8) is 0 Å². The van der Waals surface area contributed by atoms with Gasteiger partial charge in [-0.3, -0.25) is 4.21 Å².